The first-order valence-corrected chi connectivity index (χ1v) is 15.2. The number of fused-ring (bicyclic) bond motifs is 1. The normalized spacial score (nSPS) is 14.7. The Labute approximate surface area is 258 Å². The van der Waals surface area contributed by atoms with E-state index in [2.05, 4.69) is 5.32 Å². The zero-order valence-electron chi connectivity index (χ0n) is 24.5. The zero-order valence-corrected chi connectivity index (χ0v) is 25.3. The molecule has 6 nitrogen and oxygen atoms in total. The molecule has 1 atom stereocenters. The summed E-state index contributed by atoms with van der Waals surface area (Å²) >= 11 is 1.23. The van der Waals surface area contributed by atoms with Gasteiger partial charge in [-0.15, -0.1) is 11.8 Å². The molecule has 0 spiro atoms. The predicted octanol–water partition coefficient (Wildman–Crippen LogP) is 7.55. The Balaban J connectivity index is 1.59. The lowest BCUT2D eigenvalue weighted by molar-refractivity contribution is -0.120. The molecule has 0 fully saturated rings. The summed E-state index contributed by atoms with van der Waals surface area (Å²) in [5.41, 5.74) is 6.46. The van der Waals surface area contributed by atoms with Crippen LogP contribution < -0.4 is 10.2 Å². The number of hydrogen-bond donors (Lipinski definition) is 1. The van der Waals surface area contributed by atoms with Gasteiger partial charge in [-0.2, -0.15) is 5.10 Å². The molecule has 0 saturated heterocycles. The highest BCUT2D eigenvalue weighted by Gasteiger charge is 2.39. The van der Waals surface area contributed by atoms with Crippen LogP contribution in [0.3, 0.4) is 0 Å². The number of aromatic nitrogens is 2. The third kappa shape index (κ3) is 5.63. The van der Waals surface area contributed by atoms with Gasteiger partial charge in [0, 0.05) is 28.4 Å². The van der Waals surface area contributed by atoms with Gasteiger partial charge in [0.25, 0.3) is 0 Å². The third-order valence-electron chi connectivity index (χ3n) is 7.82. The van der Waals surface area contributed by atoms with Crippen molar-refractivity contribution in [3.05, 3.63) is 130 Å². The van der Waals surface area contributed by atoms with Crippen LogP contribution in [0.25, 0.3) is 16.9 Å². The molecule has 1 aliphatic rings. The van der Waals surface area contributed by atoms with Crippen molar-refractivity contribution in [2.24, 2.45) is 0 Å². The molecule has 1 aromatic heterocycles. The van der Waals surface area contributed by atoms with Crippen LogP contribution in [0.1, 0.15) is 33.1 Å². The van der Waals surface area contributed by atoms with E-state index in [1.165, 1.54) is 28.8 Å². The maximum absolute atomic E-state index is 15.5. The SMILES string of the molecule is Cc1ccc(NC(=O)CN2C(=O)CSC(c3ccc(F)cc3F)c3c(-c4ccccc4)nn(-c4cccc(C)c4C)c32)cc1. The van der Waals surface area contributed by atoms with Gasteiger partial charge in [-0.25, -0.2) is 13.5 Å². The number of carbonyl (C=O) groups excluding carboxylic acids is 2. The molecule has 44 heavy (non-hydrogen) atoms. The van der Waals surface area contributed by atoms with Crippen LogP contribution in [0.4, 0.5) is 20.3 Å². The standard InChI is InChI=1S/C35H30F2N4O2S/c1-21-12-15-26(16-13-21)38-30(42)19-40-31(43)20-44-34(27-17-14-25(36)18-28(27)37)32-33(24-9-5-4-6-10-24)39-41(35(32)40)29-11-7-8-22(2)23(29)3/h4-18,34H,19-20H2,1-3H3,(H,38,42). The summed E-state index contributed by atoms with van der Waals surface area (Å²) in [4.78, 5) is 28.9. The number of rotatable bonds is 6. The van der Waals surface area contributed by atoms with Crippen molar-refractivity contribution in [3.63, 3.8) is 0 Å². The molecule has 2 amide bonds. The molecule has 222 valence electrons. The Bertz CT molecular complexity index is 1870. The first-order chi connectivity index (χ1) is 21.2. The number of anilines is 2. The molecule has 1 aliphatic heterocycles. The average Bonchev–Trinajstić information content (AvgIpc) is 3.33. The summed E-state index contributed by atoms with van der Waals surface area (Å²) in [6.45, 7) is 5.63. The van der Waals surface area contributed by atoms with Gasteiger partial charge < -0.3 is 5.32 Å². The van der Waals surface area contributed by atoms with Crippen LogP contribution in [0.2, 0.25) is 0 Å². The van der Waals surface area contributed by atoms with Gasteiger partial charge in [0.2, 0.25) is 11.8 Å². The minimum absolute atomic E-state index is 0.0327. The molecule has 1 unspecified atom stereocenters. The maximum Gasteiger partial charge on any atom is 0.244 e. The molecule has 5 aromatic rings. The van der Waals surface area contributed by atoms with E-state index in [-0.39, 0.29) is 29.7 Å². The molecule has 1 N–H and O–H groups in total. The molecular formula is C35H30F2N4O2S. The Morgan fingerprint density at radius 2 is 1.70 bits per heavy atom. The molecule has 6 rings (SSSR count). The summed E-state index contributed by atoms with van der Waals surface area (Å²) < 4.78 is 31.2. The minimum Gasteiger partial charge on any atom is -0.325 e. The lowest BCUT2D eigenvalue weighted by atomic mass is 9.99. The monoisotopic (exact) mass is 608 g/mol. The second kappa shape index (κ2) is 12.1. The van der Waals surface area contributed by atoms with Crippen LogP contribution in [0, 0.1) is 32.4 Å². The van der Waals surface area contributed by atoms with Crippen molar-refractivity contribution < 1.29 is 18.4 Å². The molecule has 0 bridgehead atoms. The summed E-state index contributed by atoms with van der Waals surface area (Å²) in [6, 6.07) is 26.2. The number of amides is 2. The molecule has 0 saturated carbocycles. The number of hydrogen-bond acceptors (Lipinski definition) is 4. The van der Waals surface area contributed by atoms with Crippen LogP contribution in [-0.4, -0.2) is 33.9 Å². The Hall–Kier alpha value is -4.76. The number of aryl methyl sites for hydroxylation is 2. The first kappa shape index (κ1) is 29.3. The van der Waals surface area contributed by atoms with Gasteiger partial charge >= 0.3 is 0 Å². The Morgan fingerprint density at radius 3 is 2.43 bits per heavy atom. The predicted molar refractivity (Wildman–Crippen MR) is 171 cm³/mol. The van der Waals surface area contributed by atoms with E-state index in [1.807, 2.05) is 81.4 Å². The summed E-state index contributed by atoms with van der Waals surface area (Å²) in [5, 5.41) is 7.25. The van der Waals surface area contributed by atoms with Crippen LogP contribution in [0.5, 0.6) is 0 Å². The van der Waals surface area contributed by atoms with Crippen molar-refractivity contribution in [1.82, 2.24) is 9.78 Å². The average molecular weight is 609 g/mol. The quantitative estimate of drug-likeness (QED) is 0.216. The number of halogens is 2. The highest BCUT2D eigenvalue weighted by molar-refractivity contribution is 8.00. The van der Waals surface area contributed by atoms with Crippen molar-refractivity contribution in [2.75, 3.05) is 22.5 Å². The van der Waals surface area contributed by atoms with Crippen molar-refractivity contribution >= 4 is 35.1 Å². The van der Waals surface area contributed by atoms with Crippen molar-refractivity contribution in [1.29, 1.82) is 0 Å². The second-order valence-corrected chi connectivity index (χ2v) is 11.9. The fraction of sp³-hybridized carbons (Fsp3) is 0.171. The van der Waals surface area contributed by atoms with E-state index in [4.69, 9.17) is 5.10 Å². The van der Waals surface area contributed by atoms with Crippen LogP contribution in [-0.2, 0) is 9.59 Å². The van der Waals surface area contributed by atoms with Gasteiger partial charge in [0.15, 0.2) is 0 Å². The number of thioether (sulfide) groups is 1. The van der Waals surface area contributed by atoms with E-state index in [9.17, 15) is 14.0 Å². The lowest BCUT2D eigenvalue weighted by Gasteiger charge is -2.24. The van der Waals surface area contributed by atoms with Gasteiger partial charge in [-0.1, -0.05) is 66.2 Å². The highest BCUT2D eigenvalue weighted by Crippen LogP contribution is 2.49. The fourth-order valence-corrected chi connectivity index (χ4v) is 6.62. The molecular weight excluding hydrogens is 578 g/mol. The van der Waals surface area contributed by atoms with E-state index in [0.717, 1.165) is 34.0 Å². The number of nitrogens with one attached hydrogen (secondary N) is 1. The molecule has 2 heterocycles. The van der Waals surface area contributed by atoms with Crippen LogP contribution in [0.15, 0.2) is 91.0 Å². The highest BCUT2D eigenvalue weighted by atomic mass is 32.2. The summed E-state index contributed by atoms with van der Waals surface area (Å²) in [7, 11) is 0. The van der Waals surface area contributed by atoms with Gasteiger partial charge in [0.05, 0.1) is 22.4 Å². The number of nitrogens with zero attached hydrogens (tertiary/aromatic N) is 3. The molecule has 9 heteroatoms. The third-order valence-corrected chi connectivity index (χ3v) is 9.06. The van der Waals surface area contributed by atoms with Crippen molar-refractivity contribution in [3.8, 4) is 16.9 Å². The van der Waals surface area contributed by atoms with E-state index in [0.29, 0.717) is 22.8 Å². The van der Waals surface area contributed by atoms with Crippen LogP contribution >= 0.6 is 11.8 Å². The van der Waals surface area contributed by atoms with Gasteiger partial charge in [-0.3, -0.25) is 14.5 Å². The van der Waals surface area contributed by atoms with Gasteiger partial charge in [-0.05, 0) is 56.2 Å². The molecule has 4 aromatic carbocycles. The minimum atomic E-state index is -0.718. The van der Waals surface area contributed by atoms with Gasteiger partial charge in [0.1, 0.15) is 24.0 Å². The fourth-order valence-electron chi connectivity index (χ4n) is 5.40. The van der Waals surface area contributed by atoms with Crippen molar-refractivity contribution in [2.45, 2.75) is 26.0 Å². The first-order valence-electron chi connectivity index (χ1n) is 14.2. The molecule has 0 radical (unpaired) electrons. The van der Waals surface area contributed by atoms with E-state index in [1.54, 1.807) is 16.8 Å². The lowest BCUT2D eigenvalue weighted by Crippen LogP contribution is -2.40. The maximum atomic E-state index is 15.5. The Kier molecular flexibility index (Phi) is 8.05. The van der Waals surface area contributed by atoms with E-state index < -0.39 is 16.9 Å². The van der Waals surface area contributed by atoms with E-state index >= 15 is 4.39 Å². The number of benzene rings is 4. The number of carbonyl (C=O) groups is 2. The summed E-state index contributed by atoms with van der Waals surface area (Å²) in [5.74, 6) is -1.78. The zero-order chi connectivity index (χ0) is 31.0. The summed E-state index contributed by atoms with van der Waals surface area (Å²) in [6.07, 6.45) is 0. The topological polar surface area (TPSA) is 67.2 Å². The Morgan fingerprint density at radius 1 is 0.955 bits per heavy atom. The smallest absolute Gasteiger partial charge is 0.244 e. The molecule has 0 aliphatic carbocycles. The second-order valence-electron chi connectivity index (χ2n) is 10.8. The largest absolute Gasteiger partial charge is 0.325 e.